The zero-order valence-corrected chi connectivity index (χ0v) is 14.1. The van der Waals surface area contributed by atoms with Gasteiger partial charge in [0.1, 0.15) is 0 Å². The van der Waals surface area contributed by atoms with E-state index < -0.39 is 10.0 Å². The van der Waals surface area contributed by atoms with Crippen LogP contribution >= 0.6 is 0 Å². The fourth-order valence-corrected chi connectivity index (χ4v) is 4.37. The lowest BCUT2D eigenvalue weighted by atomic mass is 9.94. The Morgan fingerprint density at radius 2 is 1.95 bits per heavy atom. The van der Waals surface area contributed by atoms with Gasteiger partial charge in [-0.25, -0.2) is 12.7 Å². The summed E-state index contributed by atoms with van der Waals surface area (Å²) in [5, 5.41) is 3.59. The van der Waals surface area contributed by atoms with Crippen molar-refractivity contribution in [2.75, 3.05) is 25.9 Å². The number of nitrogens with zero attached hydrogens (tertiary/aromatic N) is 1. The average Bonchev–Trinajstić information content (AvgIpc) is 2.76. The number of rotatable bonds is 4. The minimum absolute atomic E-state index is 0.0877. The van der Waals surface area contributed by atoms with E-state index in [-0.39, 0.29) is 11.2 Å². The number of nitrogens with one attached hydrogen (secondary N) is 1. The Bertz CT molecular complexity index is 459. The third-order valence-corrected chi connectivity index (χ3v) is 5.71. The highest BCUT2D eigenvalue weighted by molar-refractivity contribution is 7.88. The van der Waals surface area contributed by atoms with Crippen LogP contribution in [0.15, 0.2) is 0 Å². The largest absolute Gasteiger partial charge is 0.368 e. The lowest BCUT2D eigenvalue weighted by molar-refractivity contribution is -0.0699. The number of hydrogen-bond acceptors (Lipinski definition) is 4. The van der Waals surface area contributed by atoms with E-state index >= 15 is 0 Å². The van der Waals surface area contributed by atoms with Crippen LogP contribution in [0.25, 0.3) is 0 Å². The molecule has 2 saturated heterocycles. The van der Waals surface area contributed by atoms with Crippen LogP contribution in [0.5, 0.6) is 0 Å². The zero-order chi connectivity index (χ0) is 15.2. The van der Waals surface area contributed by atoms with Crippen molar-refractivity contribution < 1.29 is 13.2 Å². The fraction of sp³-hybridized carbons (Fsp3) is 1.00. The smallest absolute Gasteiger partial charge is 0.211 e. The molecule has 2 atom stereocenters. The average molecular weight is 304 g/mol. The second-order valence-corrected chi connectivity index (χ2v) is 9.39. The summed E-state index contributed by atoms with van der Waals surface area (Å²) in [4.78, 5) is 0. The molecule has 20 heavy (non-hydrogen) atoms. The minimum atomic E-state index is -3.03. The minimum Gasteiger partial charge on any atom is -0.368 e. The summed E-state index contributed by atoms with van der Waals surface area (Å²) in [6.07, 6.45) is 3.22. The molecule has 6 heteroatoms. The Morgan fingerprint density at radius 3 is 2.40 bits per heavy atom. The molecule has 1 N–H and O–H groups in total. The Kier molecular flexibility index (Phi) is 4.24. The van der Waals surface area contributed by atoms with Gasteiger partial charge in [-0.05, 0) is 53.0 Å². The number of sulfonamides is 1. The highest BCUT2D eigenvalue weighted by atomic mass is 32.2. The number of hydrogen-bond donors (Lipinski definition) is 1. The van der Waals surface area contributed by atoms with Crippen molar-refractivity contribution in [2.24, 2.45) is 5.92 Å². The predicted molar refractivity (Wildman–Crippen MR) is 80.2 cm³/mol. The topological polar surface area (TPSA) is 58.6 Å². The maximum absolute atomic E-state index is 11.5. The van der Waals surface area contributed by atoms with E-state index in [1.54, 1.807) is 4.31 Å². The van der Waals surface area contributed by atoms with E-state index in [2.05, 4.69) is 33.0 Å². The van der Waals surface area contributed by atoms with Crippen molar-refractivity contribution in [3.8, 4) is 0 Å². The molecule has 2 heterocycles. The first-order chi connectivity index (χ1) is 9.00. The van der Waals surface area contributed by atoms with Crippen molar-refractivity contribution >= 4 is 10.0 Å². The molecule has 0 unspecified atom stereocenters. The molecule has 0 spiro atoms. The molecular weight excluding hydrogens is 276 g/mol. The lowest BCUT2D eigenvalue weighted by Crippen LogP contribution is -2.45. The van der Waals surface area contributed by atoms with Crippen LogP contribution < -0.4 is 5.32 Å². The van der Waals surface area contributed by atoms with E-state index in [0.717, 1.165) is 19.4 Å². The predicted octanol–water partition coefficient (Wildman–Crippen LogP) is 1.20. The first-order valence-electron chi connectivity index (χ1n) is 7.38. The van der Waals surface area contributed by atoms with Crippen molar-refractivity contribution in [3.63, 3.8) is 0 Å². The molecule has 0 amide bonds. The SMILES string of the molecule is CC1(C)C[C@H](NC[C@@H]2CCN(S(C)(=O)=O)C2)C(C)(C)O1. The molecule has 0 aromatic carbocycles. The van der Waals surface area contributed by atoms with Gasteiger partial charge in [0.2, 0.25) is 10.0 Å². The molecule has 5 nitrogen and oxygen atoms in total. The van der Waals surface area contributed by atoms with Gasteiger partial charge in [0, 0.05) is 19.1 Å². The second kappa shape index (κ2) is 5.23. The van der Waals surface area contributed by atoms with Crippen LogP contribution in [-0.2, 0) is 14.8 Å². The maximum Gasteiger partial charge on any atom is 0.211 e. The molecule has 2 rings (SSSR count). The molecule has 118 valence electrons. The monoisotopic (exact) mass is 304 g/mol. The molecule has 2 aliphatic heterocycles. The standard InChI is InChI=1S/C14H28N2O3S/c1-13(2)8-12(14(3,4)19-13)15-9-11-6-7-16(10-11)20(5,17)18/h11-12,15H,6-10H2,1-5H3/t11-,12-/m0/s1. The Labute approximate surface area is 123 Å². The van der Waals surface area contributed by atoms with Gasteiger partial charge in [0.25, 0.3) is 0 Å². The van der Waals surface area contributed by atoms with Crippen LogP contribution in [0.2, 0.25) is 0 Å². The quantitative estimate of drug-likeness (QED) is 0.848. The molecule has 0 aromatic heterocycles. The molecule has 2 fully saturated rings. The number of ether oxygens (including phenoxy) is 1. The summed E-state index contributed by atoms with van der Waals surface area (Å²) in [5.74, 6) is 0.407. The summed E-state index contributed by atoms with van der Waals surface area (Å²) in [5.41, 5.74) is -0.256. The second-order valence-electron chi connectivity index (χ2n) is 7.41. The van der Waals surface area contributed by atoms with Crippen LogP contribution in [0.4, 0.5) is 0 Å². The summed E-state index contributed by atoms with van der Waals surface area (Å²) in [7, 11) is -3.03. The first-order valence-corrected chi connectivity index (χ1v) is 9.23. The highest BCUT2D eigenvalue weighted by Crippen LogP contribution is 2.37. The van der Waals surface area contributed by atoms with E-state index in [1.807, 2.05) is 0 Å². The molecule has 0 saturated carbocycles. The summed E-state index contributed by atoms with van der Waals surface area (Å²) < 4.78 is 30.7. The molecule has 2 aliphatic rings. The fourth-order valence-electron chi connectivity index (χ4n) is 3.45. The Balaban J connectivity index is 1.85. The first kappa shape index (κ1) is 16.2. The molecule has 0 radical (unpaired) electrons. The van der Waals surface area contributed by atoms with E-state index in [4.69, 9.17) is 4.74 Å². The normalized spacial score (nSPS) is 33.6. The summed E-state index contributed by atoms with van der Waals surface area (Å²) >= 11 is 0. The van der Waals surface area contributed by atoms with Crippen LogP contribution in [0, 0.1) is 5.92 Å². The van der Waals surface area contributed by atoms with Crippen molar-refractivity contribution in [3.05, 3.63) is 0 Å². The lowest BCUT2D eigenvalue weighted by Gasteiger charge is -2.28. The van der Waals surface area contributed by atoms with Gasteiger partial charge in [0.05, 0.1) is 17.5 Å². The molecule has 0 aromatic rings. The van der Waals surface area contributed by atoms with Crippen LogP contribution in [0.3, 0.4) is 0 Å². The van der Waals surface area contributed by atoms with Crippen LogP contribution in [-0.4, -0.2) is 55.9 Å². The van der Waals surface area contributed by atoms with Gasteiger partial charge in [-0.1, -0.05) is 0 Å². The van der Waals surface area contributed by atoms with Gasteiger partial charge >= 0.3 is 0 Å². The summed E-state index contributed by atoms with van der Waals surface area (Å²) in [6.45, 7) is 10.6. The Hall–Kier alpha value is -0.170. The van der Waals surface area contributed by atoms with Gasteiger partial charge in [-0.2, -0.15) is 0 Å². The van der Waals surface area contributed by atoms with E-state index in [0.29, 0.717) is 25.0 Å². The van der Waals surface area contributed by atoms with Crippen molar-refractivity contribution in [2.45, 2.75) is 57.8 Å². The van der Waals surface area contributed by atoms with Gasteiger partial charge in [-0.15, -0.1) is 0 Å². The summed E-state index contributed by atoms with van der Waals surface area (Å²) in [6, 6.07) is 0.324. The Morgan fingerprint density at radius 1 is 1.30 bits per heavy atom. The third-order valence-electron chi connectivity index (χ3n) is 4.44. The van der Waals surface area contributed by atoms with Crippen molar-refractivity contribution in [1.29, 1.82) is 0 Å². The maximum atomic E-state index is 11.5. The van der Waals surface area contributed by atoms with Crippen LogP contribution in [0.1, 0.15) is 40.5 Å². The van der Waals surface area contributed by atoms with Gasteiger partial charge < -0.3 is 10.1 Å². The van der Waals surface area contributed by atoms with E-state index in [9.17, 15) is 8.42 Å². The van der Waals surface area contributed by atoms with E-state index in [1.165, 1.54) is 6.26 Å². The van der Waals surface area contributed by atoms with Gasteiger partial charge in [-0.3, -0.25) is 0 Å². The molecular formula is C14H28N2O3S. The van der Waals surface area contributed by atoms with Crippen molar-refractivity contribution in [1.82, 2.24) is 9.62 Å². The third kappa shape index (κ3) is 3.72. The molecule has 0 aliphatic carbocycles. The van der Waals surface area contributed by atoms with Gasteiger partial charge in [0.15, 0.2) is 0 Å². The zero-order valence-electron chi connectivity index (χ0n) is 13.3. The molecule has 0 bridgehead atoms. The highest BCUT2D eigenvalue weighted by Gasteiger charge is 2.45.